The standard InChI is InChI=1S/C12H24N2O/c1-9(11-3-2-6-14-11)12(15)10-4-7-13-8-5-10/h9-15H,2-8H2,1H3. The maximum Gasteiger partial charge on any atom is 0.0609 e. The van der Waals surface area contributed by atoms with Gasteiger partial charge in [0.2, 0.25) is 0 Å². The van der Waals surface area contributed by atoms with E-state index in [-0.39, 0.29) is 6.10 Å². The molecule has 3 nitrogen and oxygen atoms in total. The molecule has 2 rings (SSSR count). The molecule has 0 aromatic rings. The van der Waals surface area contributed by atoms with Crippen LogP contribution in [0, 0.1) is 11.8 Å². The topological polar surface area (TPSA) is 44.3 Å². The summed E-state index contributed by atoms with van der Waals surface area (Å²) >= 11 is 0. The molecule has 0 saturated carbocycles. The van der Waals surface area contributed by atoms with Crippen molar-refractivity contribution in [3.05, 3.63) is 0 Å². The summed E-state index contributed by atoms with van der Waals surface area (Å²) in [6.45, 7) is 5.49. The lowest BCUT2D eigenvalue weighted by atomic mass is 9.82. The SMILES string of the molecule is CC(C1CCCN1)C(O)C1CCNCC1. The Morgan fingerprint density at radius 1 is 1.13 bits per heavy atom. The molecule has 0 bridgehead atoms. The van der Waals surface area contributed by atoms with Crippen molar-refractivity contribution in [2.24, 2.45) is 11.8 Å². The highest BCUT2D eigenvalue weighted by molar-refractivity contribution is 4.87. The highest BCUT2D eigenvalue weighted by atomic mass is 16.3. The summed E-state index contributed by atoms with van der Waals surface area (Å²) in [5.41, 5.74) is 0. The first-order valence-electron chi connectivity index (χ1n) is 6.41. The normalized spacial score (nSPS) is 32.8. The van der Waals surface area contributed by atoms with E-state index in [2.05, 4.69) is 17.6 Å². The van der Waals surface area contributed by atoms with Gasteiger partial charge in [0.25, 0.3) is 0 Å². The van der Waals surface area contributed by atoms with Crippen molar-refractivity contribution >= 4 is 0 Å². The quantitative estimate of drug-likeness (QED) is 0.646. The molecule has 88 valence electrons. The van der Waals surface area contributed by atoms with Crippen LogP contribution < -0.4 is 10.6 Å². The van der Waals surface area contributed by atoms with Crippen molar-refractivity contribution in [1.82, 2.24) is 10.6 Å². The van der Waals surface area contributed by atoms with Crippen LogP contribution in [0.2, 0.25) is 0 Å². The molecule has 15 heavy (non-hydrogen) atoms. The van der Waals surface area contributed by atoms with Gasteiger partial charge in [0.1, 0.15) is 0 Å². The number of piperidine rings is 1. The molecule has 3 atom stereocenters. The monoisotopic (exact) mass is 212 g/mol. The van der Waals surface area contributed by atoms with Crippen molar-refractivity contribution in [1.29, 1.82) is 0 Å². The van der Waals surface area contributed by atoms with Crippen LogP contribution in [0.1, 0.15) is 32.6 Å². The van der Waals surface area contributed by atoms with Crippen LogP contribution in [0.15, 0.2) is 0 Å². The van der Waals surface area contributed by atoms with Crippen molar-refractivity contribution < 1.29 is 5.11 Å². The first kappa shape index (κ1) is 11.4. The number of nitrogens with one attached hydrogen (secondary N) is 2. The lowest BCUT2D eigenvalue weighted by Crippen LogP contribution is -2.43. The minimum atomic E-state index is -0.109. The van der Waals surface area contributed by atoms with Gasteiger partial charge in [-0.05, 0) is 57.2 Å². The molecule has 0 amide bonds. The van der Waals surface area contributed by atoms with Crippen LogP contribution in [0.25, 0.3) is 0 Å². The fourth-order valence-electron chi connectivity index (χ4n) is 3.01. The summed E-state index contributed by atoms with van der Waals surface area (Å²) < 4.78 is 0. The van der Waals surface area contributed by atoms with Gasteiger partial charge >= 0.3 is 0 Å². The van der Waals surface area contributed by atoms with Gasteiger partial charge in [-0.1, -0.05) is 6.92 Å². The average molecular weight is 212 g/mol. The van der Waals surface area contributed by atoms with E-state index >= 15 is 0 Å². The summed E-state index contributed by atoms with van der Waals surface area (Å²) in [5.74, 6) is 0.930. The van der Waals surface area contributed by atoms with Crippen molar-refractivity contribution in [3.8, 4) is 0 Å². The minimum Gasteiger partial charge on any atom is -0.392 e. The molecule has 2 fully saturated rings. The Morgan fingerprint density at radius 3 is 2.47 bits per heavy atom. The fraction of sp³-hybridized carbons (Fsp3) is 1.00. The van der Waals surface area contributed by atoms with Gasteiger partial charge in [-0.3, -0.25) is 0 Å². The van der Waals surface area contributed by atoms with Crippen molar-refractivity contribution in [3.63, 3.8) is 0 Å². The van der Waals surface area contributed by atoms with E-state index in [1.165, 1.54) is 12.8 Å². The van der Waals surface area contributed by atoms with Crippen molar-refractivity contribution in [2.75, 3.05) is 19.6 Å². The lowest BCUT2D eigenvalue weighted by molar-refractivity contribution is 0.0305. The molecule has 3 heteroatoms. The van der Waals surface area contributed by atoms with Crippen molar-refractivity contribution in [2.45, 2.75) is 44.8 Å². The highest BCUT2D eigenvalue weighted by Gasteiger charge is 2.32. The molecule has 2 saturated heterocycles. The second-order valence-corrected chi connectivity index (χ2v) is 5.14. The van der Waals surface area contributed by atoms with E-state index in [1.54, 1.807) is 0 Å². The van der Waals surface area contributed by atoms with E-state index in [0.717, 1.165) is 32.5 Å². The number of rotatable bonds is 3. The molecule has 3 N–H and O–H groups in total. The zero-order valence-electron chi connectivity index (χ0n) is 9.71. The van der Waals surface area contributed by atoms with Gasteiger partial charge in [0.05, 0.1) is 6.10 Å². The van der Waals surface area contributed by atoms with Gasteiger partial charge < -0.3 is 15.7 Å². The Bertz CT molecular complexity index is 186. The Morgan fingerprint density at radius 2 is 1.87 bits per heavy atom. The Hall–Kier alpha value is -0.120. The maximum atomic E-state index is 10.3. The van der Waals surface area contributed by atoms with Crippen LogP contribution in [0.5, 0.6) is 0 Å². The van der Waals surface area contributed by atoms with Crippen LogP contribution >= 0.6 is 0 Å². The third kappa shape index (κ3) is 2.71. The Balaban J connectivity index is 1.84. The van der Waals surface area contributed by atoms with E-state index < -0.39 is 0 Å². The Kier molecular flexibility index (Phi) is 4.00. The summed E-state index contributed by atoms with van der Waals surface area (Å²) in [4.78, 5) is 0. The van der Waals surface area contributed by atoms with Crippen LogP contribution in [0.3, 0.4) is 0 Å². The van der Waals surface area contributed by atoms with E-state index in [4.69, 9.17) is 0 Å². The third-order valence-electron chi connectivity index (χ3n) is 4.14. The average Bonchev–Trinajstić information content (AvgIpc) is 2.82. The highest BCUT2D eigenvalue weighted by Crippen LogP contribution is 2.26. The molecule has 2 heterocycles. The minimum absolute atomic E-state index is 0.109. The third-order valence-corrected chi connectivity index (χ3v) is 4.14. The molecule has 0 aromatic carbocycles. The summed E-state index contributed by atoms with van der Waals surface area (Å²) in [6.07, 6.45) is 4.68. The van der Waals surface area contributed by atoms with Gasteiger partial charge in [0, 0.05) is 6.04 Å². The summed E-state index contributed by atoms with van der Waals surface area (Å²) in [7, 11) is 0. The van der Waals surface area contributed by atoms with E-state index in [1.807, 2.05) is 0 Å². The predicted octanol–water partition coefficient (Wildman–Crippen LogP) is 0.735. The maximum absolute atomic E-state index is 10.3. The van der Waals surface area contributed by atoms with Crippen LogP contribution in [0.4, 0.5) is 0 Å². The van der Waals surface area contributed by atoms with E-state index in [9.17, 15) is 5.11 Å². The molecule has 2 aliphatic heterocycles. The molecule has 0 spiro atoms. The number of aliphatic hydroxyl groups is 1. The molecular weight excluding hydrogens is 188 g/mol. The number of hydrogen-bond acceptors (Lipinski definition) is 3. The first-order valence-corrected chi connectivity index (χ1v) is 6.41. The lowest BCUT2D eigenvalue weighted by Gasteiger charge is -2.33. The molecule has 3 unspecified atom stereocenters. The summed E-state index contributed by atoms with van der Waals surface area (Å²) in [5, 5.41) is 17.2. The summed E-state index contributed by atoms with van der Waals surface area (Å²) in [6, 6.07) is 0.551. The second kappa shape index (κ2) is 5.28. The first-order chi connectivity index (χ1) is 7.29. The molecule has 0 aliphatic carbocycles. The predicted molar refractivity (Wildman–Crippen MR) is 61.8 cm³/mol. The van der Waals surface area contributed by atoms with Gasteiger partial charge in [-0.25, -0.2) is 0 Å². The van der Waals surface area contributed by atoms with Crippen LogP contribution in [-0.2, 0) is 0 Å². The smallest absolute Gasteiger partial charge is 0.0609 e. The van der Waals surface area contributed by atoms with Gasteiger partial charge in [-0.15, -0.1) is 0 Å². The van der Waals surface area contributed by atoms with E-state index in [0.29, 0.717) is 17.9 Å². The molecular formula is C12H24N2O. The fourth-order valence-corrected chi connectivity index (χ4v) is 3.01. The van der Waals surface area contributed by atoms with Gasteiger partial charge in [0.15, 0.2) is 0 Å². The molecule has 0 radical (unpaired) electrons. The number of hydrogen-bond donors (Lipinski definition) is 3. The molecule has 2 aliphatic rings. The zero-order valence-corrected chi connectivity index (χ0v) is 9.71. The van der Waals surface area contributed by atoms with Crippen LogP contribution in [-0.4, -0.2) is 36.9 Å². The molecule has 0 aromatic heterocycles. The number of aliphatic hydroxyl groups excluding tert-OH is 1. The zero-order chi connectivity index (χ0) is 10.7. The largest absolute Gasteiger partial charge is 0.392 e. The van der Waals surface area contributed by atoms with Gasteiger partial charge in [-0.2, -0.15) is 0 Å². The Labute approximate surface area is 92.6 Å². The second-order valence-electron chi connectivity index (χ2n) is 5.14.